The van der Waals surface area contributed by atoms with Gasteiger partial charge in [0.1, 0.15) is 11.5 Å². The van der Waals surface area contributed by atoms with Gasteiger partial charge in [-0.1, -0.05) is 12.1 Å². The molecule has 8 heteroatoms. The molecule has 1 amide bonds. The third-order valence-corrected chi connectivity index (χ3v) is 5.28. The summed E-state index contributed by atoms with van der Waals surface area (Å²) in [5.74, 6) is -1.02. The number of aliphatic hydroxyl groups is 1. The first kappa shape index (κ1) is 20.3. The van der Waals surface area contributed by atoms with Gasteiger partial charge in [-0.3, -0.25) is 14.6 Å². The maximum atomic E-state index is 13.0. The molecule has 4 rings (SSSR count). The molecule has 1 N–H and O–H groups in total. The van der Waals surface area contributed by atoms with Gasteiger partial charge in [0.15, 0.2) is 0 Å². The molecule has 31 heavy (non-hydrogen) atoms. The summed E-state index contributed by atoms with van der Waals surface area (Å²) < 4.78 is 7.14. The topological polar surface area (TPSA) is 97.6 Å². The standard InChI is InChI=1S/C23H22N4O4/c1-31-18-5-2-4-17(14-18)21(28)19-20(16-6-8-24-9-7-16)27(23(30)22(19)29)12-3-11-26-13-10-25-15-26/h2,4-10,13-15,20,28H,3,11-12H2,1H3/t20-/m1/s1. The molecule has 0 aliphatic carbocycles. The largest absolute Gasteiger partial charge is 0.507 e. The fraction of sp³-hybridized carbons (Fsp3) is 0.217. The Labute approximate surface area is 179 Å². The highest BCUT2D eigenvalue weighted by Crippen LogP contribution is 2.39. The molecular formula is C23H22N4O4. The van der Waals surface area contributed by atoms with Crippen LogP contribution in [0.5, 0.6) is 5.75 Å². The van der Waals surface area contributed by atoms with Crippen LogP contribution in [-0.2, 0) is 16.1 Å². The van der Waals surface area contributed by atoms with E-state index in [9.17, 15) is 14.7 Å². The molecule has 0 saturated carbocycles. The minimum Gasteiger partial charge on any atom is -0.507 e. The van der Waals surface area contributed by atoms with Crippen LogP contribution in [0.25, 0.3) is 5.76 Å². The second-order valence-electron chi connectivity index (χ2n) is 7.16. The van der Waals surface area contributed by atoms with Gasteiger partial charge in [0.05, 0.1) is 25.1 Å². The van der Waals surface area contributed by atoms with Gasteiger partial charge in [-0.2, -0.15) is 0 Å². The number of carbonyl (C=O) groups is 2. The fourth-order valence-corrected chi connectivity index (χ4v) is 3.77. The van der Waals surface area contributed by atoms with Gasteiger partial charge in [-0.15, -0.1) is 0 Å². The molecular weight excluding hydrogens is 396 g/mol. The number of carbonyl (C=O) groups excluding carboxylic acids is 2. The number of hydrogen-bond acceptors (Lipinski definition) is 6. The molecule has 1 aliphatic rings. The van der Waals surface area contributed by atoms with Gasteiger partial charge in [-0.25, -0.2) is 4.98 Å². The Kier molecular flexibility index (Phi) is 5.79. The molecule has 1 aliphatic heterocycles. The molecule has 0 spiro atoms. The number of rotatable bonds is 7. The van der Waals surface area contributed by atoms with Crippen LogP contribution in [0.15, 0.2) is 73.1 Å². The van der Waals surface area contributed by atoms with Gasteiger partial charge < -0.3 is 19.3 Å². The highest BCUT2D eigenvalue weighted by Gasteiger charge is 2.45. The van der Waals surface area contributed by atoms with Crippen LogP contribution in [0.3, 0.4) is 0 Å². The molecule has 8 nitrogen and oxygen atoms in total. The van der Waals surface area contributed by atoms with Crippen molar-refractivity contribution in [3.63, 3.8) is 0 Å². The molecule has 1 fully saturated rings. The summed E-state index contributed by atoms with van der Waals surface area (Å²) in [4.78, 5) is 35.5. The number of hydrogen-bond donors (Lipinski definition) is 1. The minimum absolute atomic E-state index is 0.0621. The summed E-state index contributed by atoms with van der Waals surface area (Å²) >= 11 is 0. The first-order valence-corrected chi connectivity index (χ1v) is 9.88. The highest BCUT2D eigenvalue weighted by atomic mass is 16.5. The molecule has 0 bridgehead atoms. The number of ether oxygens (including phenoxy) is 1. The van der Waals surface area contributed by atoms with Crippen molar-refractivity contribution in [1.29, 1.82) is 0 Å². The summed E-state index contributed by atoms with van der Waals surface area (Å²) in [6.07, 6.45) is 9.08. The van der Waals surface area contributed by atoms with E-state index >= 15 is 0 Å². The molecule has 0 radical (unpaired) electrons. The summed E-state index contributed by atoms with van der Waals surface area (Å²) in [5, 5.41) is 11.0. The lowest BCUT2D eigenvalue weighted by Gasteiger charge is -2.25. The Hall–Kier alpha value is -3.94. The molecule has 1 atom stereocenters. The number of methoxy groups -OCH3 is 1. The van der Waals surface area contributed by atoms with Gasteiger partial charge in [0, 0.05) is 43.4 Å². The number of amides is 1. The average Bonchev–Trinajstić information content (AvgIpc) is 3.41. The second kappa shape index (κ2) is 8.83. The van der Waals surface area contributed by atoms with Gasteiger partial charge >= 0.3 is 0 Å². The maximum Gasteiger partial charge on any atom is 0.295 e. The van der Waals surface area contributed by atoms with E-state index in [-0.39, 0.29) is 11.3 Å². The molecule has 1 saturated heterocycles. The van der Waals surface area contributed by atoms with Gasteiger partial charge in [0.25, 0.3) is 11.7 Å². The first-order chi connectivity index (χ1) is 15.1. The van der Waals surface area contributed by atoms with Crippen molar-refractivity contribution in [1.82, 2.24) is 19.4 Å². The summed E-state index contributed by atoms with van der Waals surface area (Å²) in [6, 6.07) is 9.56. The van der Waals surface area contributed by atoms with E-state index < -0.39 is 17.7 Å². The molecule has 3 heterocycles. The maximum absolute atomic E-state index is 13.0. The number of aryl methyl sites for hydroxylation is 1. The molecule has 3 aromatic rings. The van der Waals surface area contributed by atoms with Crippen molar-refractivity contribution in [2.45, 2.75) is 19.0 Å². The summed E-state index contributed by atoms with van der Waals surface area (Å²) in [7, 11) is 1.52. The van der Waals surface area contributed by atoms with Crippen LogP contribution in [0.1, 0.15) is 23.6 Å². The Bertz CT molecular complexity index is 1110. The lowest BCUT2D eigenvalue weighted by Crippen LogP contribution is -2.31. The molecule has 1 aromatic carbocycles. The molecule has 2 aromatic heterocycles. The lowest BCUT2D eigenvalue weighted by molar-refractivity contribution is -0.139. The van der Waals surface area contributed by atoms with E-state index in [0.29, 0.717) is 36.4 Å². The van der Waals surface area contributed by atoms with Crippen LogP contribution >= 0.6 is 0 Å². The lowest BCUT2D eigenvalue weighted by atomic mass is 9.96. The predicted octanol–water partition coefficient (Wildman–Crippen LogP) is 2.80. The molecule has 158 valence electrons. The smallest absolute Gasteiger partial charge is 0.295 e. The number of ketones is 1. The van der Waals surface area contributed by atoms with Crippen LogP contribution in [-0.4, -0.2) is 49.9 Å². The zero-order valence-electron chi connectivity index (χ0n) is 17.0. The number of imidazole rings is 1. The Morgan fingerprint density at radius 1 is 1.10 bits per heavy atom. The molecule has 0 unspecified atom stereocenters. The predicted molar refractivity (Wildman–Crippen MR) is 113 cm³/mol. The van der Waals surface area contributed by atoms with E-state index in [1.807, 2.05) is 10.8 Å². The first-order valence-electron chi connectivity index (χ1n) is 9.88. The van der Waals surface area contributed by atoms with Crippen molar-refractivity contribution in [2.24, 2.45) is 0 Å². The third kappa shape index (κ3) is 4.05. The van der Waals surface area contributed by atoms with Crippen molar-refractivity contribution in [2.75, 3.05) is 13.7 Å². The van der Waals surface area contributed by atoms with E-state index in [1.165, 1.54) is 12.0 Å². The van der Waals surface area contributed by atoms with Crippen LogP contribution < -0.4 is 4.74 Å². The van der Waals surface area contributed by atoms with Gasteiger partial charge in [0.2, 0.25) is 0 Å². The average molecular weight is 418 g/mol. The number of aliphatic hydroxyl groups excluding tert-OH is 1. The Morgan fingerprint density at radius 2 is 1.90 bits per heavy atom. The Balaban J connectivity index is 1.72. The number of aromatic nitrogens is 3. The van der Waals surface area contributed by atoms with Crippen molar-refractivity contribution in [3.05, 3.63) is 84.2 Å². The zero-order chi connectivity index (χ0) is 21.8. The van der Waals surface area contributed by atoms with Crippen molar-refractivity contribution >= 4 is 17.4 Å². The van der Waals surface area contributed by atoms with E-state index in [1.54, 1.807) is 61.3 Å². The highest BCUT2D eigenvalue weighted by molar-refractivity contribution is 6.46. The van der Waals surface area contributed by atoms with E-state index in [2.05, 4.69) is 9.97 Å². The number of benzene rings is 1. The zero-order valence-corrected chi connectivity index (χ0v) is 17.0. The Morgan fingerprint density at radius 3 is 2.61 bits per heavy atom. The number of pyridine rings is 1. The number of likely N-dealkylation sites (tertiary alicyclic amines) is 1. The fourth-order valence-electron chi connectivity index (χ4n) is 3.77. The van der Waals surface area contributed by atoms with E-state index in [0.717, 1.165) is 0 Å². The van der Waals surface area contributed by atoms with E-state index in [4.69, 9.17) is 4.74 Å². The summed E-state index contributed by atoms with van der Waals surface area (Å²) in [5.41, 5.74) is 1.18. The van der Waals surface area contributed by atoms with Crippen LogP contribution in [0.2, 0.25) is 0 Å². The SMILES string of the molecule is COc1cccc(C(O)=C2C(=O)C(=O)N(CCCn3ccnc3)[C@@H]2c2ccncc2)c1. The normalized spacial score (nSPS) is 17.8. The number of Topliss-reactive ketones (excluding diaryl/α,β-unsaturated/α-hetero) is 1. The third-order valence-electron chi connectivity index (χ3n) is 5.28. The quantitative estimate of drug-likeness (QED) is 0.360. The monoisotopic (exact) mass is 418 g/mol. The van der Waals surface area contributed by atoms with Crippen molar-refractivity contribution < 1.29 is 19.4 Å². The van der Waals surface area contributed by atoms with Gasteiger partial charge in [-0.05, 0) is 36.2 Å². The van der Waals surface area contributed by atoms with Crippen LogP contribution in [0.4, 0.5) is 0 Å². The minimum atomic E-state index is -0.704. The number of nitrogens with zero attached hydrogens (tertiary/aromatic N) is 4. The summed E-state index contributed by atoms with van der Waals surface area (Å²) in [6.45, 7) is 1.01. The van der Waals surface area contributed by atoms with Crippen LogP contribution in [0, 0.1) is 0 Å². The van der Waals surface area contributed by atoms with Crippen molar-refractivity contribution in [3.8, 4) is 5.75 Å². The second-order valence-corrected chi connectivity index (χ2v) is 7.16.